The van der Waals surface area contributed by atoms with Crippen LogP contribution in [0.25, 0.3) is 0 Å². The molecule has 1 aliphatic rings. The number of carbonyl (C=O) groups is 2. The van der Waals surface area contributed by atoms with E-state index in [1.807, 2.05) is 0 Å². The Balaban J connectivity index is 2.31. The van der Waals surface area contributed by atoms with Crippen LogP contribution in [0, 0.1) is 5.92 Å². The fourth-order valence-corrected chi connectivity index (χ4v) is 3.15. The summed E-state index contributed by atoms with van der Waals surface area (Å²) >= 11 is 1.78. The number of aliphatic carboxylic acids is 1. The molecule has 1 fully saturated rings. The summed E-state index contributed by atoms with van der Waals surface area (Å²) < 4.78 is 0. The summed E-state index contributed by atoms with van der Waals surface area (Å²) in [6.07, 6.45) is 5.86. The zero-order valence-corrected chi connectivity index (χ0v) is 11.8. The third-order valence-corrected chi connectivity index (χ3v) is 4.59. The van der Waals surface area contributed by atoms with Gasteiger partial charge >= 0.3 is 12.0 Å². The second-order valence-corrected chi connectivity index (χ2v) is 5.69. The Kier molecular flexibility index (Phi) is 6.32. The average molecular weight is 274 g/mol. The highest BCUT2D eigenvalue weighted by atomic mass is 32.2. The van der Waals surface area contributed by atoms with Gasteiger partial charge in [0.25, 0.3) is 0 Å². The molecule has 0 radical (unpaired) electrons. The predicted molar refractivity (Wildman–Crippen MR) is 72.9 cm³/mol. The van der Waals surface area contributed by atoms with Gasteiger partial charge in [0.15, 0.2) is 0 Å². The lowest BCUT2D eigenvalue weighted by Crippen LogP contribution is -2.46. The van der Waals surface area contributed by atoms with E-state index >= 15 is 0 Å². The Morgan fingerprint density at radius 3 is 2.72 bits per heavy atom. The van der Waals surface area contributed by atoms with Crippen LogP contribution in [0.4, 0.5) is 4.79 Å². The molecule has 0 aromatic heterocycles. The second kappa shape index (κ2) is 7.51. The molecule has 1 aliphatic carbocycles. The smallest absolute Gasteiger partial charge is 0.315 e. The molecule has 0 aliphatic heterocycles. The molecule has 0 heterocycles. The standard InChI is InChI=1S/C12H22N2O3S/c1-3-8(11(15)16)7-13-12(17)14-9-5-4-6-10(9)18-2/h8-10H,3-7H2,1-2H3,(H,15,16)(H2,13,14,17). The lowest BCUT2D eigenvalue weighted by atomic mass is 10.1. The van der Waals surface area contributed by atoms with Gasteiger partial charge in [-0.05, 0) is 25.5 Å². The van der Waals surface area contributed by atoms with Gasteiger partial charge in [-0.15, -0.1) is 0 Å². The monoisotopic (exact) mass is 274 g/mol. The van der Waals surface area contributed by atoms with Crippen LogP contribution in [-0.4, -0.2) is 41.2 Å². The number of amides is 2. The van der Waals surface area contributed by atoms with Crippen molar-refractivity contribution < 1.29 is 14.7 Å². The molecule has 3 N–H and O–H groups in total. The first-order chi connectivity index (χ1) is 8.58. The number of hydrogen-bond acceptors (Lipinski definition) is 3. The number of hydrogen-bond donors (Lipinski definition) is 3. The van der Waals surface area contributed by atoms with Crippen LogP contribution in [-0.2, 0) is 4.79 Å². The fourth-order valence-electron chi connectivity index (χ4n) is 2.21. The van der Waals surface area contributed by atoms with Crippen LogP contribution < -0.4 is 10.6 Å². The Hall–Kier alpha value is -0.910. The van der Waals surface area contributed by atoms with Crippen molar-refractivity contribution in [3.05, 3.63) is 0 Å². The number of carboxylic acids is 1. The molecule has 3 atom stereocenters. The summed E-state index contributed by atoms with van der Waals surface area (Å²) in [5.41, 5.74) is 0. The predicted octanol–water partition coefficient (Wildman–Crippen LogP) is 1.68. The van der Waals surface area contributed by atoms with Gasteiger partial charge in [0.05, 0.1) is 5.92 Å². The van der Waals surface area contributed by atoms with Gasteiger partial charge in [0, 0.05) is 17.8 Å². The van der Waals surface area contributed by atoms with Gasteiger partial charge in [-0.25, -0.2) is 4.79 Å². The Bertz CT molecular complexity index is 299. The van der Waals surface area contributed by atoms with Gasteiger partial charge in [0.1, 0.15) is 0 Å². The van der Waals surface area contributed by atoms with E-state index in [-0.39, 0.29) is 18.6 Å². The highest BCUT2D eigenvalue weighted by Crippen LogP contribution is 2.28. The minimum absolute atomic E-state index is 0.189. The maximum absolute atomic E-state index is 11.7. The molecule has 0 spiro atoms. The van der Waals surface area contributed by atoms with Gasteiger partial charge in [0.2, 0.25) is 0 Å². The quantitative estimate of drug-likeness (QED) is 0.688. The molecule has 6 heteroatoms. The molecule has 1 rings (SSSR count). The third kappa shape index (κ3) is 4.40. The molecular formula is C12H22N2O3S. The first-order valence-corrected chi connectivity index (χ1v) is 7.67. The van der Waals surface area contributed by atoms with E-state index in [1.165, 1.54) is 0 Å². The van der Waals surface area contributed by atoms with Crippen molar-refractivity contribution in [1.29, 1.82) is 0 Å². The lowest BCUT2D eigenvalue weighted by molar-refractivity contribution is -0.141. The second-order valence-electron chi connectivity index (χ2n) is 4.61. The minimum Gasteiger partial charge on any atom is -0.481 e. The largest absolute Gasteiger partial charge is 0.481 e. The molecule has 18 heavy (non-hydrogen) atoms. The van der Waals surface area contributed by atoms with Crippen molar-refractivity contribution in [1.82, 2.24) is 10.6 Å². The normalized spacial score (nSPS) is 24.6. The lowest BCUT2D eigenvalue weighted by Gasteiger charge is -2.20. The minimum atomic E-state index is -0.861. The molecule has 0 saturated heterocycles. The Labute approximate surface area is 112 Å². The van der Waals surface area contributed by atoms with E-state index in [9.17, 15) is 9.59 Å². The summed E-state index contributed by atoms with van der Waals surface area (Å²) in [5.74, 6) is -1.36. The SMILES string of the molecule is CCC(CNC(=O)NC1CCCC1SC)C(=O)O. The van der Waals surface area contributed by atoms with Crippen molar-refractivity contribution in [2.75, 3.05) is 12.8 Å². The van der Waals surface area contributed by atoms with E-state index in [1.54, 1.807) is 18.7 Å². The van der Waals surface area contributed by atoms with Gasteiger partial charge in [-0.1, -0.05) is 13.3 Å². The molecule has 0 bridgehead atoms. The first-order valence-electron chi connectivity index (χ1n) is 6.38. The van der Waals surface area contributed by atoms with Crippen LogP contribution in [0.5, 0.6) is 0 Å². The van der Waals surface area contributed by atoms with Crippen molar-refractivity contribution in [2.24, 2.45) is 5.92 Å². The number of thioether (sulfide) groups is 1. The van der Waals surface area contributed by atoms with Crippen LogP contribution >= 0.6 is 11.8 Å². The summed E-state index contributed by atoms with van der Waals surface area (Å²) in [6, 6.07) is -0.0365. The van der Waals surface area contributed by atoms with Crippen LogP contribution in [0.2, 0.25) is 0 Å². The maximum atomic E-state index is 11.7. The molecule has 104 valence electrons. The van der Waals surface area contributed by atoms with E-state index in [4.69, 9.17) is 5.11 Å². The number of urea groups is 1. The summed E-state index contributed by atoms with van der Waals surface area (Å²) in [6.45, 7) is 1.99. The van der Waals surface area contributed by atoms with Crippen molar-refractivity contribution in [3.8, 4) is 0 Å². The number of nitrogens with one attached hydrogen (secondary N) is 2. The van der Waals surface area contributed by atoms with Gasteiger partial charge < -0.3 is 15.7 Å². The number of carbonyl (C=O) groups excluding carboxylic acids is 1. The molecule has 3 unspecified atom stereocenters. The zero-order chi connectivity index (χ0) is 13.5. The van der Waals surface area contributed by atoms with Crippen LogP contribution in [0.1, 0.15) is 32.6 Å². The first kappa shape index (κ1) is 15.1. The zero-order valence-electron chi connectivity index (χ0n) is 10.9. The van der Waals surface area contributed by atoms with E-state index < -0.39 is 11.9 Å². The Morgan fingerprint density at radius 1 is 1.44 bits per heavy atom. The highest BCUT2D eigenvalue weighted by Gasteiger charge is 2.27. The van der Waals surface area contributed by atoms with Crippen molar-refractivity contribution in [2.45, 2.75) is 43.9 Å². The molecule has 2 amide bonds. The topological polar surface area (TPSA) is 78.4 Å². The average Bonchev–Trinajstić information content (AvgIpc) is 2.76. The molecule has 0 aromatic rings. The van der Waals surface area contributed by atoms with E-state index in [2.05, 4.69) is 16.9 Å². The molecular weight excluding hydrogens is 252 g/mol. The number of rotatable bonds is 6. The van der Waals surface area contributed by atoms with Crippen molar-refractivity contribution in [3.63, 3.8) is 0 Å². The van der Waals surface area contributed by atoms with Gasteiger partial charge in [-0.3, -0.25) is 4.79 Å². The fraction of sp³-hybridized carbons (Fsp3) is 0.833. The molecule has 0 aromatic carbocycles. The number of carboxylic acid groups (broad SMARTS) is 1. The molecule has 5 nitrogen and oxygen atoms in total. The van der Waals surface area contributed by atoms with E-state index in [0.29, 0.717) is 11.7 Å². The van der Waals surface area contributed by atoms with Crippen LogP contribution in [0.15, 0.2) is 0 Å². The highest BCUT2D eigenvalue weighted by molar-refractivity contribution is 7.99. The maximum Gasteiger partial charge on any atom is 0.315 e. The Morgan fingerprint density at radius 2 is 2.17 bits per heavy atom. The third-order valence-electron chi connectivity index (χ3n) is 3.42. The van der Waals surface area contributed by atoms with Gasteiger partial charge in [-0.2, -0.15) is 11.8 Å². The summed E-state index contributed by atoms with van der Waals surface area (Å²) in [5, 5.41) is 14.9. The van der Waals surface area contributed by atoms with Crippen LogP contribution in [0.3, 0.4) is 0 Å². The molecule has 1 saturated carbocycles. The van der Waals surface area contributed by atoms with E-state index in [0.717, 1.165) is 19.3 Å². The van der Waals surface area contributed by atoms with Crippen molar-refractivity contribution >= 4 is 23.8 Å². The summed E-state index contributed by atoms with van der Waals surface area (Å²) in [7, 11) is 0. The summed E-state index contributed by atoms with van der Waals surface area (Å²) in [4.78, 5) is 22.5.